The molecular formula is C27H33N3O2S2. The normalized spacial score (nSPS) is 13.6. The third-order valence-corrected chi connectivity index (χ3v) is 8.44. The van der Waals surface area contributed by atoms with Crippen molar-refractivity contribution in [2.24, 2.45) is 0 Å². The number of aromatic nitrogens is 2. The summed E-state index contributed by atoms with van der Waals surface area (Å²) in [6, 6.07) is 15.1. The summed E-state index contributed by atoms with van der Waals surface area (Å²) in [5, 5.41) is 8.91. The lowest BCUT2D eigenvalue weighted by Gasteiger charge is -2.27. The zero-order valence-corrected chi connectivity index (χ0v) is 21.4. The molecular weight excluding hydrogens is 462 g/mol. The smallest absolute Gasteiger partial charge is 0.159 e. The summed E-state index contributed by atoms with van der Waals surface area (Å²) >= 11 is 0. The fraction of sp³-hybridized carbons (Fsp3) is 0.407. The Morgan fingerprint density at radius 3 is 2.59 bits per heavy atom. The topological polar surface area (TPSA) is 58.5 Å². The summed E-state index contributed by atoms with van der Waals surface area (Å²) in [6.07, 6.45) is 8.64. The highest BCUT2D eigenvalue weighted by molar-refractivity contribution is 8.75. The van der Waals surface area contributed by atoms with Gasteiger partial charge in [-0.05, 0) is 77.5 Å². The minimum Gasteiger partial charge on any atom is -0.494 e. The van der Waals surface area contributed by atoms with Crippen molar-refractivity contribution in [2.75, 3.05) is 25.5 Å². The molecule has 7 heteroatoms. The molecule has 0 amide bonds. The highest BCUT2D eigenvalue weighted by Gasteiger charge is 2.17. The number of rotatable bonds is 12. The fourth-order valence-electron chi connectivity index (χ4n) is 3.87. The molecule has 1 aromatic heterocycles. The van der Waals surface area contributed by atoms with Gasteiger partial charge in [0.25, 0.3) is 0 Å². The Balaban J connectivity index is 1.20. The second kappa shape index (κ2) is 13.1. The van der Waals surface area contributed by atoms with Gasteiger partial charge in [0.15, 0.2) is 5.82 Å². The van der Waals surface area contributed by atoms with Gasteiger partial charge >= 0.3 is 0 Å². The first-order valence-electron chi connectivity index (χ1n) is 12.1. The Morgan fingerprint density at radius 1 is 1.00 bits per heavy atom. The van der Waals surface area contributed by atoms with Gasteiger partial charge in [-0.25, -0.2) is 14.3 Å². The molecule has 0 spiro atoms. The number of hydrogen-bond donors (Lipinski definition) is 1. The van der Waals surface area contributed by atoms with Crippen molar-refractivity contribution in [3.05, 3.63) is 77.1 Å². The van der Waals surface area contributed by atoms with Gasteiger partial charge in [-0.1, -0.05) is 48.0 Å². The zero-order valence-electron chi connectivity index (χ0n) is 19.8. The molecule has 4 rings (SSSR count). The van der Waals surface area contributed by atoms with Gasteiger partial charge in [-0.2, -0.15) is 0 Å². The van der Waals surface area contributed by atoms with Gasteiger partial charge in [-0.3, -0.25) is 0 Å². The summed E-state index contributed by atoms with van der Waals surface area (Å²) < 4.78 is 8.47. The van der Waals surface area contributed by atoms with Crippen LogP contribution in [-0.4, -0.2) is 44.9 Å². The molecule has 180 valence electrons. The zero-order chi connectivity index (χ0) is 23.6. The van der Waals surface area contributed by atoms with Crippen molar-refractivity contribution in [3.63, 3.8) is 0 Å². The molecule has 0 fully saturated rings. The van der Waals surface area contributed by atoms with Crippen LogP contribution in [0.3, 0.4) is 0 Å². The van der Waals surface area contributed by atoms with Crippen LogP contribution in [0.15, 0.2) is 54.9 Å². The van der Waals surface area contributed by atoms with Gasteiger partial charge < -0.3 is 9.84 Å². The van der Waals surface area contributed by atoms with Crippen molar-refractivity contribution >= 4 is 21.8 Å². The molecule has 2 heterocycles. The molecule has 0 saturated carbocycles. The van der Waals surface area contributed by atoms with E-state index < -0.39 is 0 Å². The minimum absolute atomic E-state index is 0.273. The SMILES string of the molecule is CCc1cnc(-c2ccc(CCCOc3ccc4c(c3)CCN(SSCCCO)C4)cc2)nc1. The third-order valence-electron chi connectivity index (χ3n) is 5.90. The average Bonchev–Trinajstić information content (AvgIpc) is 2.89. The van der Waals surface area contributed by atoms with E-state index in [-0.39, 0.29) is 6.61 Å². The van der Waals surface area contributed by atoms with Crippen LogP contribution in [0.2, 0.25) is 0 Å². The molecule has 0 atom stereocenters. The van der Waals surface area contributed by atoms with Crippen molar-refractivity contribution in [1.29, 1.82) is 0 Å². The molecule has 2 aromatic carbocycles. The number of benzene rings is 2. The van der Waals surface area contributed by atoms with E-state index in [0.717, 1.165) is 73.6 Å². The Hall–Kier alpha value is -2.06. The molecule has 1 N–H and O–H groups in total. The molecule has 3 aromatic rings. The van der Waals surface area contributed by atoms with Crippen LogP contribution in [0.25, 0.3) is 11.4 Å². The molecule has 34 heavy (non-hydrogen) atoms. The molecule has 1 aliphatic heterocycles. The van der Waals surface area contributed by atoms with Gasteiger partial charge in [0.05, 0.1) is 6.61 Å². The van der Waals surface area contributed by atoms with Crippen LogP contribution in [0.5, 0.6) is 5.75 Å². The standard InChI is InChI=1S/C27H33N3O2S2/c1-2-21-18-28-27(29-19-21)23-8-6-22(7-9-23)5-3-15-32-26-11-10-25-20-30(13-12-24(25)17-26)34-33-16-4-14-31/h6-11,17-19,31H,2-5,12-16,20H2,1H3. The summed E-state index contributed by atoms with van der Waals surface area (Å²) in [4.78, 5) is 8.94. The minimum atomic E-state index is 0.273. The Morgan fingerprint density at radius 2 is 1.82 bits per heavy atom. The molecule has 0 saturated heterocycles. The van der Waals surface area contributed by atoms with Gasteiger partial charge in [0, 0.05) is 43.4 Å². The number of aliphatic hydroxyl groups is 1. The van der Waals surface area contributed by atoms with Gasteiger partial charge in [-0.15, -0.1) is 0 Å². The van der Waals surface area contributed by atoms with Crippen LogP contribution < -0.4 is 4.74 Å². The van der Waals surface area contributed by atoms with E-state index in [1.807, 2.05) is 34.2 Å². The molecule has 0 aliphatic carbocycles. The second-order valence-electron chi connectivity index (χ2n) is 8.44. The monoisotopic (exact) mass is 495 g/mol. The molecule has 1 aliphatic rings. The second-order valence-corrected chi connectivity index (χ2v) is 10.9. The summed E-state index contributed by atoms with van der Waals surface area (Å²) in [5.74, 6) is 2.74. The lowest BCUT2D eigenvalue weighted by atomic mass is 10.0. The Kier molecular flexibility index (Phi) is 9.68. The maximum absolute atomic E-state index is 8.91. The first-order valence-corrected chi connectivity index (χ1v) is 14.3. The fourth-order valence-corrected chi connectivity index (χ4v) is 6.10. The number of nitrogens with zero attached hydrogens (tertiary/aromatic N) is 3. The number of aliphatic hydroxyl groups excluding tert-OH is 1. The lowest BCUT2D eigenvalue weighted by Crippen LogP contribution is -2.24. The van der Waals surface area contributed by atoms with Crippen LogP contribution in [-0.2, 0) is 25.8 Å². The third kappa shape index (κ3) is 7.22. The molecule has 0 radical (unpaired) electrons. The number of hydrogen-bond acceptors (Lipinski definition) is 7. The van der Waals surface area contributed by atoms with E-state index >= 15 is 0 Å². The largest absolute Gasteiger partial charge is 0.494 e. The molecule has 0 unspecified atom stereocenters. The highest BCUT2D eigenvalue weighted by Crippen LogP contribution is 2.33. The predicted molar refractivity (Wildman–Crippen MR) is 143 cm³/mol. The molecule has 0 bridgehead atoms. The van der Waals surface area contributed by atoms with Crippen molar-refractivity contribution in [2.45, 2.75) is 45.6 Å². The first kappa shape index (κ1) is 25.0. The van der Waals surface area contributed by atoms with Crippen molar-refractivity contribution in [1.82, 2.24) is 14.3 Å². The van der Waals surface area contributed by atoms with Crippen LogP contribution >= 0.6 is 21.8 Å². The maximum Gasteiger partial charge on any atom is 0.159 e. The van der Waals surface area contributed by atoms with Crippen molar-refractivity contribution < 1.29 is 9.84 Å². The quantitative estimate of drug-likeness (QED) is 0.195. The summed E-state index contributed by atoms with van der Waals surface area (Å²) in [7, 11) is 3.65. The van der Waals surface area contributed by atoms with Gasteiger partial charge in [0.2, 0.25) is 0 Å². The van der Waals surface area contributed by atoms with Crippen LogP contribution in [0.4, 0.5) is 0 Å². The van der Waals surface area contributed by atoms with Crippen LogP contribution in [0.1, 0.15) is 42.0 Å². The summed E-state index contributed by atoms with van der Waals surface area (Å²) in [5.41, 5.74) is 6.31. The van der Waals surface area contributed by atoms with Gasteiger partial charge in [0.1, 0.15) is 5.75 Å². The van der Waals surface area contributed by atoms with E-state index in [0.29, 0.717) is 6.61 Å². The Bertz CT molecular complexity index is 1030. The predicted octanol–water partition coefficient (Wildman–Crippen LogP) is 5.75. The average molecular weight is 496 g/mol. The van der Waals surface area contributed by atoms with E-state index in [1.54, 1.807) is 0 Å². The van der Waals surface area contributed by atoms with Crippen molar-refractivity contribution in [3.8, 4) is 17.1 Å². The highest BCUT2D eigenvalue weighted by atomic mass is 33.1. The summed E-state index contributed by atoms with van der Waals surface area (Å²) in [6.45, 7) is 5.12. The van der Waals surface area contributed by atoms with Crippen LogP contribution in [0, 0.1) is 0 Å². The van der Waals surface area contributed by atoms with E-state index in [1.165, 1.54) is 16.7 Å². The molecule has 5 nitrogen and oxygen atoms in total. The first-order chi connectivity index (χ1) is 16.7. The number of aryl methyl sites for hydroxylation is 2. The van der Waals surface area contributed by atoms with E-state index in [9.17, 15) is 0 Å². The number of ether oxygens (including phenoxy) is 1. The number of fused-ring (bicyclic) bond motifs is 1. The lowest BCUT2D eigenvalue weighted by molar-refractivity contribution is 0.296. The maximum atomic E-state index is 8.91. The van der Waals surface area contributed by atoms with E-state index in [4.69, 9.17) is 9.84 Å². The van der Waals surface area contributed by atoms with E-state index in [2.05, 4.69) is 63.7 Å². The Labute approximate surface area is 210 Å².